The third kappa shape index (κ3) is 4.14. The second kappa shape index (κ2) is 5.88. The summed E-state index contributed by atoms with van der Waals surface area (Å²) in [4.78, 5) is -0.433. The van der Waals surface area contributed by atoms with Crippen molar-refractivity contribution >= 4 is 10.1 Å². The van der Waals surface area contributed by atoms with Crippen LogP contribution in [-0.2, 0) is 10.1 Å². The fraction of sp³-hybridized carbons (Fsp3) is 0.143. The molecule has 0 radical (unpaired) electrons. The first-order chi connectivity index (χ1) is 10.2. The van der Waals surface area contributed by atoms with Crippen molar-refractivity contribution < 1.29 is 30.5 Å². The lowest BCUT2D eigenvalue weighted by Gasteiger charge is -2.11. The fourth-order valence-corrected chi connectivity index (χ4v) is 2.67. The molecule has 0 fully saturated rings. The van der Waals surface area contributed by atoms with Crippen LogP contribution in [0.1, 0.15) is 5.56 Å². The zero-order chi connectivity index (χ0) is 16.4. The van der Waals surface area contributed by atoms with Crippen LogP contribution in [0.25, 0.3) is 0 Å². The molecule has 2 aromatic rings. The van der Waals surface area contributed by atoms with Crippen LogP contribution >= 0.6 is 0 Å². The van der Waals surface area contributed by atoms with Crippen molar-refractivity contribution in [2.24, 2.45) is 0 Å². The number of para-hydroxylation sites is 1. The van der Waals surface area contributed by atoms with E-state index in [1.165, 1.54) is 6.07 Å². The number of hydrogen-bond acceptors (Lipinski definition) is 4. The summed E-state index contributed by atoms with van der Waals surface area (Å²) in [6.45, 7) is 1.65. The SMILES string of the molecule is Cc1ccccc1OS(=O)(=O)c1cccc(OC(F)(F)F)c1. The van der Waals surface area contributed by atoms with E-state index in [0.717, 1.165) is 24.3 Å². The first-order valence-electron chi connectivity index (χ1n) is 6.03. The topological polar surface area (TPSA) is 52.6 Å². The Morgan fingerprint density at radius 3 is 2.32 bits per heavy atom. The number of halogens is 3. The van der Waals surface area contributed by atoms with E-state index < -0.39 is 27.1 Å². The monoisotopic (exact) mass is 332 g/mol. The van der Waals surface area contributed by atoms with Crippen molar-refractivity contribution in [3.8, 4) is 11.5 Å². The van der Waals surface area contributed by atoms with E-state index in [0.29, 0.717) is 5.56 Å². The van der Waals surface area contributed by atoms with Crippen LogP contribution in [0.15, 0.2) is 53.4 Å². The van der Waals surface area contributed by atoms with Crippen LogP contribution in [-0.4, -0.2) is 14.8 Å². The molecule has 0 saturated carbocycles. The summed E-state index contributed by atoms with van der Waals surface area (Å²) >= 11 is 0. The van der Waals surface area contributed by atoms with Crippen molar-refractivity contribution in [2.75, 3.05) is 0 Å². The number of ether oxygens (including phenoxy) is 1. The molecule has 0 heterocycles. The molecule has 4 nitrogen and oxygen atoms in total. The Morgan fingerprint density at radius 1 is 1.00 bits per heavy atom. The van der Waals surface area contributed by atoms with Gasteiger partial charge < -0.3 is 8.92 Å². The maximum absolute atomic E-state index is 12.2. The molecule has 2 rings (SSSR count). The Labute approximate surface area is 125 Å². The molecular weight excluding hydrogens is 321 g/mol. The molecule has 0 aliphatic carbocycles. The molecule has 0 atom stereocenters. The van der Waals surface area contributed by atoms with Crippen molar-refractivity contribution in [3.63, 3.8) is 0 Å². The van der Waals surface area contributed by atoms with E-state index in [2.05, 4.69) is 4.74 Å². The predicted octanol–water partition coefficient (Wildman–Crippen LogP) is 3.66. The Kier molecular flexibility index (Phi) is 4.32. The minimum absolute atomic E-state index is 0.102. The molecule has 0 aromatic heterocycles. The second-order valence-corrected chi connectivity index (χ2v) is 5.87. The molecule has 0 N–H and O–H groups in total. The van der Waals surface area contributed by atoms with Crippen LogP contribution in [0.2, 0.25) is 0 Å². The Bertz CT molecular complexity index is 770. The van der Waals surface area contributed by atoms with E-state index in [4.69, 9.17) is 4.18 Å². The smallest absolute Gasteiger partial charge is 0.406 e. The number of hydrogen-bond donors (Lipinski definition) is 0. The summed E-state index contributed by atoms with van der Waals surface area (Å²) < 4.78 is 69.4. The molecule has 0 spiro atoms. The standard InChI is InChI=1S/C14H11F3O4S/c1-10-5-2-3-8-13(10)21-22(18,19)12-7-4-6-11(9-12)20-14(15,16)17/h2-9H,1H3. The van der Waals surface area contributed by atoms with Crippen molar-refractivity contribution in [1.82, 2.24) is 0 Å². The molecule has 22 heavy (non-hydrogen) atoms. The molecule has 118 valence electrons. The molecule has 0 unspecified atom stereocenters. The molecule has 8 heteroatoms. The summed E-state index contributed by atoms with van der Waals surface area (Å²) in [6, 6.07) is 10.4. The summed E-state index contributed by atoms with van der Waals surface area (Å²) in [5.41, 5.74) is 0.578. The van der Waals surface area contributed by atoms with Gasteiger partial charge >= 0.3 is 16.5 Å². The molecule has 0 saturated heterocycles. The van der Waals surface area contributed by atoms with E-state index in [-0.39, 0.29) is 5.75 Å². The maximum Gasteiger partial charge on any atom is 0.573 e. The van der Waals surface area contributed by atoms with Crippen LogP contribution in [0.4, 0.5) is 13.2 Å². The van der Waals surface area contributed by atoms with Gasteiger partial charge in [0.15, 0.2) is 0 Å². The molecule has 0 amide bonds. The third-order valence-corrected chi connectivity index (χ3v) is 3.85. The lowest BCUT2D eigenvalue weighted by Crippen LogP contribution is -2.17. The highest BCUT2D eigenvalue weighted by Gasteiger charge is 2.31. The highest BCUT2D eigenvalue weighted by molar-refractivity contribution is 7.87. The summed E-state index contributed by atoms with van der Waals surface area (Å²) in [6.07, 6.45) is -4.90. The largest absolute Gasteiger partial charge is 0.573 e. The van der Waals surface area contributed by atoms with E-state index >= 15 is 0 Å². The molecule has 0 bridgehead atoms. The predicted molar refractivity (Wildman–Crippen MR) is 72.1 cm³/mol. The van der Waals surface area contributed by atoms with Gasteiger partial charge in [0.05, 0.1) is 0 Å². The van der Waals surface area contributed by atoms with Gasteiger partial charge in [-0.15, -0.1) is 13.2 Å². The number of aryl methyl sites for hydroxylation is 1. The zero-order valence-corrected chi connectivity index (χ0v) is 12.1. The average Bonchev–Trinajstić information content (AvgIpc) is 2.40. The molecule has 2 aromatic carbocycles. The van der Waals surface area contributed by atoms with Crippen LogP contribution < -0.4 is 8.92 Å². The van der Waals surface area contributed by atoms with Gasteiger partial charge in [0.25, 0.3) is 0 Å². The molecular formula is C14H11F3O4S. The van der Waals surface area contributed by atoms with Gasteiger partial charge in [-0.25, -0.2) is 0 Å². The fourth-order valence-electron chi connectivity index (χ4n) is 1.64. The van der Waals surface area contributed by atoms with Gasteiger partial charge in [-0.2, -0.15) is 8.42 Å². The molecule has 0 aliphatic rings. The van der Waals surface area contributed by atoms with E-state index in [1.54, 1.807) is 25.1 Å². The average molecular weight is 332 g/mol. The minimum Gasteiger partial charge on any atom is -0.406 e. The first kappa shape index (κ1) is 16.2. The van der Waals surface area contributed by atoms with Crippen molar-refractivity contribution in [2.45, 2.75) is 18.2 Å². The van der Waals surface area contributed by atoms with Gasteiger partial charge in [0, 0.05) is 6.07 Å². The van der Waals surface area contributed by atoms with Gasteiger partial charge in [-0.05, 0) is 30.7 Å². The Balaban J connectivity index is 2.30. The number of benzene rings is 2. The van der Waals surface area contributed by atoms with E-state index in [1.807, 2.05) is 0 Å². The van der Waals surface area contributed by atoms with Crippen molar-refractivity contribution in [1.29, 1.82) is 0 Å². The summed E-state index contributed by atoms with van der Waals surface area (Å²) in [5, 5.41) is 0. The van der Waals surface area contributed by atoms with E-state index in [9.17, 15) is 21.6 Å². The second-order valence-electron chi connectivity index (χ2n) is 4.33. The zero-order valence-electron chi connectivity index (χ0n) is 11.3. The lowest BCUT2D eigenvalue weighted by atomic mass is 10.2. The maximum atomic E-state index is 12.2. The number of alkyl halides is 3. The van der Waals surface area contributed by atoms with Gasteiger partial charge in [0.1, 0.15) is 16.4 Å². The van der Waals surface area contributed by atoms with Gasteiger partial charge in [0.2, 0.25) is 0 Å². The third-order valence-electron chi connectivity index (χ3n) is 2.62. The summed E-state index contributed by atoms with van der Waals surface area (Å²) in [5.74, 6) is -0.536. The quantitative estimate of drug-likeness (QED) is 0.802. The van der Waals surface area contributed by atoms with Gasteiger partial charge in [-0.3, -0.25) is 0 Å². The van der Waals surface area contributed by atoms with Crippen LogP contribution in [0.3, 0.4) is 0 Å². The van der Waals surface area contributed by atoms with Crippen LogP contribution in [0.5, 0.6) is 11.5 Å². The minimum atomic E-state index is -4.90. The number of rotatable bonds is 4. The summed E-state index contributed by atoms with van der Waals surface area (Å²) in [7, 11) is -4.26. The Hall–Kier alpha value is -2.22. The highest BCUT2D eigenvalue weighted by atomic mass is 32.2. The normalized spacial score (nSPS) is 12.0. The highest BCUT2D eigenvalue weighted by Crippen LogP contribution is 2.27. The Morgan fingerprint density at radius 2 is 1.68 bits per heavy atom. The molecule has 0 aliphatic heterocycles. The van der Waals surface area contributed by atoms with Crippen molar-refractivity contribution in [3.05, 3.63) is 54.1 Å². The lowest BCUT2D eigenvalue weighted by molar-refractivity contribution is -0.274. The first-order valence-corrected chi connectivity index (χ1v) is 7.44. The van der Waals surface area contributed by atoms with Gasteiger partial charge in [-0.1, -0.05) is 24.3 Å². The van der Waals surface area contributed by atoms with Crippen LogP contribution in [0, 0.1) is 6.92 Å².